The number of hydrogen-bond acceptors (Lipinski definition) is 2. The second-order valence-electron chi connectivity index (χ2n) is 6.10. The molecule has 1 fully saturated rings. The average Bonchev–Trinajstić information content (AvgIpc) is 3.10. The minimum Gasteiger partial charge on any atom is -0.487 e. The van der Waals surface area contributed by atoms with Gasteiger partial charge in [-0.3, -0.25) is 4.79 Å². The first-order valence-electron chi connectivity index (χ1n) is 6.94. The van der Waals surface area contributed by atoms with Crippen LogP contribution in [0.5, 0.6) is 5.75 Å². The van der Waals surface area contributed by atoms with E-state index in [1.165, 1.54) is 12.1 Å². The van der Waals surface area contributed by atoms with Crippen LogP contribution in [0.4, 0.5) is 4.39 Å². The SMILES string of the molecule is CC1(C)CC(=CC(=O)NC2CC2)c2c(F)cccc2O1. The molecular weight excluding hydrogens is 257 g/mol. The summed E-state index contributed by atoms with van der Waals surface area (Å²) in [6, 6.07) is 5.06. The van der Waals surface area contributed by atoms with Gasteiger partial charge in [0.15, 0.2) is 0 Å². The third kappa shape index (κ3) is 2.69. The maximum absolute atomic E-state index is 14.0. The van der Waals surface area contributed by atoms with Gasteiger partial charge in [-0.1, -0.05) is 6.07 Å². The third-order valence-corrected chi connectivity index (χ3v) is 3.53. The molecule has 0 atom stereocenters. The van der Waals surface area contributed by atoms with E-state index in [-0.39, 0.29) is 11.7 Å². The van der Waals surface area contributed by atoms with E-state index in [0.29, 0.717) is 29.3 Å². The van der Waals surface area contributed by atoms with Gasteiger partial charge >= 0.3 is 0 Å². The summed E-state index contributed by atoms with van der Waals surface area (Å²) in [5.74, 6) is 0.0181. The molecule has 0 unspecified atom stereocenters. The molecule has 0 radical (unpaired) electrons. The van der Waals surface area contributed by atoms with Crippen molar-refractivity contribution in [2.45, 2.75) is 44.8 Å². The molecule has 1 amide bonds. The number of carbonyl (C=O) groups excluding carboxylic acids is 1. The Morgan fingerprint density at radius 2 is 2.20 bits per heavy atom. The number of ether oxygens (including phenoxy) is 1. The molecule has 0 bridgehead atoms. The number of amides is 1. The highest BCUT2D eigenvalue weighted by Gasteiger charge is 2.32. The summed E-state index contributed by atoms with van der Waals surface area (Å²) in [7, 11) is 0. The Kier molecular flexibility index (Phi) is 3.04. The van der Waals surface area contributed by atoms with Gasteiger partial charge in [-0.25, -0.2) is 4.39 Å². The number of hydrogen-bond donors (Lipinski definition) is 1. The fourth-order valence-electron chi connectivity index (χ4n) is 2.53. The lowest BCUT2D eigenvalue weighted by Crippen LogP contribution is -2.33. The van der Waals surface area contributed by atoms with Crippen molar-refractivity contribution in [1.29, 1.82) is 0 Å². The Bertz CT molecular complexity index is 588. The number of fused-ring (bicyclic) bond motifs is 1. The molecule has 4 heteroatoms. The zero-order valence-corrected chi connectivity index (χ0v) is 11.7. The molecule has 0 spiro atoms. The molecule has 1 aliphatic carbocycles. The van der Waals surface area contributed by atoms with Gasteiger partial charge in [-0.2, -0.15) is 0 Å². The van der Waals surface area contributed by atoms with Crippen molar-refractivity contribution in [1.82, 2.24) is 5.32 Å². The van der Waals surface area contributed by atoms with E-state index in [0.717, 1.165) is 12.8 Å². The Hall–Kier alpha value is -1.84. The summed E-state index contributed by atoms with van der Waals surface area (Å²) in [4.78, 5) is 11.9. The maximum atomic E-state index is 14.0. The molecule has 1 aromatic carbocycles. The molecule has 106 valence electrons. The molecule has 0 aromatic heterocycles. The van der Waals surface area contributed by atoms with Crippen LogP contribution in [0.15, 0.2) is 24.3 Å². The summed E-state index contributed by atoms with van der Waals surface area (Å²) < 4.78 is 19.8. The summed E-state index contributed by atoms with van der Waals surface area (Å²) in [5.41, 5.74) is 0.678. The number of benzene rings is 1. The van der Waals surface area contributed by atoms with Crippen molar-refractivity contribution in [2.75, 3.05) is 0 Å². The fraction of sp³-hybridized carbons (Fsp3) is 0.438. The second kappa shape index (κ2) is 4.62. The molecule has 3 nitrogen and oxygen atoms in total. The van der Waals surface area contributed by atoms with Crippen molar-refractivity contribution in [3.8, 4) is 5.75 Å². The fourth-order valence-corrected chi connectivity index (χ4v) is 2.53. The monoisotopic (exact) mass is 275 g/mol. The van der Waals surface area contributed by atoms with Crippen LogP contribution in [-0.2, 0) is 4.79 Å². The largest absolute Gasteiger partial charge is 0.487 e. The topological polar surface area (TPSA) is 38.3 Å². The van der Waals surface area contributed by atoms with Gasteiger partial charge < -0.3 is 10.1 Å². The Balaban J connectivity index is 1.97. The van der Waals surface area contributed by atoms with Crippen LogP contribution in [0, 0.1) is 5.82 Å². The molecule has 1 aromatic rings. The molecule has 3 rings (SSSR count). The average molecular weight is 275 g/mol. The van der Waals surface area contributed by atoms with Crippen molar-refractivity contribution >= 4 is 11.5 Å². The summed E-state index contributed by atoms with van der Waals surface area (Å²) in [6.45, 7) is 3.88. The minimum absolute atomic E-state index is 0.144. The Labute approximate surface area is 117 Å². The molecular formula is C16H18FNO2. The first-order chi connectivity index (χ1) is 9.44. The molecule has 1 saturated carbocycles. The van der Waals surface area contributed by atoms with E-state index < -0.39 is 5.60 Å². The molecule has 20 heavy (non-hydrogen) atoms. The van der Waals surface area contributed by atoms with E-state index in [4.69, 9.17) is 4.74 Å². The van der Waals surface area contributed by atoms with Crippen LogP contribution < -0.4 is 10.1 Å². The normalized spacial score (nSPS) is 22.1. The van der Waals surface area contributed by atoms with Gasteiger partial charge in [0.1, 0.15) is 17.2 Å². The van der Waals surface area contributed by atoms with E-state index >= 15 is 0 Å². The summed E-state index contributed by atoms with van der Waals surface area (Å²) >= 11 is 0. The van der Waals surface area contributed by atoms with Crippen molar-refractivity contribution in [2.24, 2.45) is 0 Å². The van der Waals surface area contributed by atoms with Gasteiger partial charge in [0.2, 0.25) is 5.91 Å². The third-order valence-electron chi connectivity index (χ3n) is 3.53. The lowest BCUT2D eigenvalue weighted by atomic mass is 9.88. The van der Waals surface area contributed by atoms with Crippen molar-refractivity contribution in [3.63, 3.8) is 0 Å². The Morgan fingerprint density at radius 3 is 2.90 bits per heavy atom. The van der Waals surface area contributed by atoms with Gasteiger partial charge in [0, 0.05) is 18.5 Å². The Morgan fingerprint density at radius 1 is 1.45 bits per heavy atom. The standard InChI is InChI=1S/C16H18FNO2/c1-16(2)9-10(8-14(19)18-11-6-7-11)15-12(17)4-3-5-13(15)20-16/h3-5,8,11H,6-7,9H2,1-2H3,(H,18,19). The van der Waals surface area contributed by atoms with E-state index in [1.54, 1.807) is 12.1 Å². The second-order valence-corrected chi connectivity index (χ2v) is 6.10. The van der Waals surface area contributed by atoms with Crippen LogP contribution >= 0.6 is 0 Å². The van der Waals surface area contributed by atoms with E-state index in [2.05, 4.69) is 5.32 Å². The predicted octanol–water partition coefficient (Wildman–Crippen LogP) is 3.05. The van der Waals surface area contributed by atoms with Crippen LogP contribution in [0.25, 0.3) is 5.57 Å². The van der Waals surface area contributed by atoms with Crippen molar-refractivity contribution in [3.05, 3.63) is 35.7 Å². The first-order valence-corrected chi connectivity index (χ1v) is 6.94. The first kappa shape index (κ1) is 13.2. The highest BCUT2D eigenvalue weighted by Crippen LogP contribution is 2.41. The van der Waals surface area contributed by atoms with Gasteiger partial charge in [-0.15, -0.1) is 0 Å². The highest BCUT2D eigenvalue weighted by atomic mass is 19.1. The van der Waals surface area contributed by atoms with Crippen LogP contribution in [0.1, 0.15) is 38.7 Å². The highest BCUT2D eigenvalue weighted by molar-refractivity contribution is 5.96. The number of nitrogens with one attached hydrogen (secondary N) is 1. The van der Waals surface area contributed by atoms with Gasteiger partial charge in [-0.05, 0) is 44.4 Å². The number of halogens is 1. The quantitative estimate of drug-likeness (QED) is 0.842. The molecule has 1 N–H and O–H groups in total. The van der Waals surface area contributed by atoms with Crippen LogP contribution in [0.2, 0.25) is 0 Å². The zero-order valence-electron chi connectivity index (χ0n) is 11.7. The molecule has 1 aliphatic heterocycles. The predicted molar refractivity (Wildman–Crippen MR) is 74.9 cm³/mol. The smallest absolute Gasteiger partial charge is 0.244 e. The molecule has 2 aliphatic rings. The number of carbonyl (C=O) groups is 1. The molecule has 0 saturated heterocycles. The maximum Gasteiger partial charge on any atom is 0.244 e. The summed E-state index contributed by atoms with van der Waals surface area (Å²) in [5, 5.41) is 2.90. The lowest BCUT2D eigenvalue weighted by molar-refractivity contribution is -0.116. The zero-order chi connectivity index (χ0) is 14.3. The number of rotatable bonds is 2. The lowest BCUT2D eigenvalue weighted by Gasteiger charge is -2.34. The summed E-state index contributed by atoms with van der Waals surface area (Å²) in [6.07, 6.45) is 4.10. The molecule has 1 heterocycles. The van der Waals surface area contributed by atoms with E-state index in [1.807, 2.05) is 13.8 Å². The van der Waals surface area contributed by atoms with Gasteiger partial charge in [0.05, 0.1) is 5.56 Å². The van der Waals surface area contributed by atoms with Gasteiger partial charge in [0.25, 0.3) is 0 Å². The van der Waals surface area contributed by atoms with Crippen molar-refractivity contribution < 1.29 is 13.9 Å². The van der Waals surface area contributed by atoms with Crippen LogP contribution in [-0.4, -0.2) is 17.6 Å². The van der Waals surface area contributed by atoms with Crippen LogP contribution in [0.3, 0.4) is 0 Å². The van der Waals surface area contributed by atoms with E-state index in [9.17, 15) is 9.18 Å². The minimum atomic E-state index is -0.438.